The van der Waals surface area contributed by atoms with Gasteiger partial charge in [0.2, 0.25) is 0 Å². The van der Waals surface area contributed by atoms with E-state index in [9.17, 15) is 0 Å². The Kier molecular flexibility index (Phi) is 4.22. The Bertz CT molecular complexity index is 1860. The van der Waals surface area contributed by atoms with E-state index in [1.807, 2.05) is 11.8 Å². The Labute approximate surface area is 214 Å². The number of para-hydroxylation sites is 2. The lowest BCUT2D eigenvalue weighted by Crippen LogP contribution is -2.14. The SMILES string of the molecule is c1ccc2c(c1)Sc1ccccc1N2c1ccc(-c2ccc3ccc4cccc5ccc2c3c45)cc1. The van der Waals surface area contributed by atoms with E-state index in [0.717, 1.165) is 0 Å². The highest BCUT2D eigenvalue weighted by atomic mass is 32.2. The second-order valence-electron chi connectivity index (χ2n) is 9.39. The molecule has 0 bridgehead atoms. The maximum Gasteiger partial charge on any atom is 0.0601 e. The smallest absolute Gasteiger partial charge is 0.0601 e. The monoisotopic (exact) mass is 475 g/mol. The molecule has 0 saturated heterocycles. The van der Waals surface area contributed by atoms with Gasteiger partial charge in [-0.05, 0) is 79.8 Å². The molecule has 0 unspecified atom stereocenters. The third-order valence-electron chi connectivity index (χ3n) is 7.40. The van der Waals surface area contributed by atoms with Crippen LogP contribution in [0.5, 0.6) is 0 Å². The van der Waals surface area contributed by atoms with Crippen LogP contribution in [0.1, 0.15) is 0 Å². The second-order valence-corrected chi connectivity index (χ2v) is 10.5. The Morgan fingerprint density at radius 2 is 1.03 bits per heavy atom. The van der Waals surface area contributed by atoms with Crippen molar-refractivity contribution < 1.29 is 0 Å². The van der Waals surface area contributed by atoms with Crippen molar-refractivity contribution in [3.63, 3.8) is 0 Å². The van der Waals surface area contributed by atoms with Crippen LogP contribution in [0.25, 0.3) is 43.4 Å². The molecule has 0 N–H and O–H groups in total. The summed E-state index contributed by atoms with van der Waals surface area (Å²) in [5, 5.41) is 7.95. The van der Waals surface area contributed by atoms with Crippen LogP contribution in [0, 0.1) is 0 Å². The average molecular weight is 476 g/mol. The van der Waals surface area contributed by atoms with Gasteiger partial charge in [0.05, 0.1) is 11.4 Å². The minimum Gasteiger partial charge on any atom is -0.308 e. The second kappa shape index (κ2) is 7.61. The summed E-state index contributed by atoms with van der Waals surface area (Å²) in [5.74, 6) is 0. The van der Waals surface area contributed by atoms with Gasteiger partial charge in [-0.3, -0.25) is 0 Å². The first-order valence-corrected chi connectivity index (χ1v) is 13.1. The molecule has 0 aliphatic carbocycles. The summed E-state index contributed by atoms with van der Waals surface area (Å²) >= 11 is 1.84. The standard InChI is InChI=1S/C34H21NS/c1-3-10-31-29(8-1)35(30-9-2-4-11-32(30)36-31)26-18-14-22(15-19-26)27-20-16-25-13-12-23-6-5-7-24-17-21-28(27)34(25)33(23)24/h1-21H. The molecule has 1 heterocycles. The van der Waals surface area contributed by atoms with Gasteiger partial charge < -0.3 is 4.90 Å². The van der Waals surface area contributed by atoms with Crippen LogP contribution in [0.2, 0.25) is 0 Å². The first kappa shape index (κ1) is 20.0. The molecule has 0 amide bonds. The van der Waals surface area contributed by atoms with Crippen molar-refractivity contribution in [2.45, 2.75) is 9.79 Å². The molecule has 0 fully saturated rings. The molecule has 1 aliphatic rings. The molecule has 0 radical (unpaired) electrons. The minimum atomic E-state index is 1.18. The van der Waals surface area contributed by atoms with Crippen LogP contribution >= 0.6 is 11.8 Å². The highest BCUT2D eigenvalue weighted by molar-refractivity contribution is 7.99. The van der Waals surface area contributed by atoms with Crippen molar-refractivity contribution in [2.24, 2.45) is 0 Å². The molecule has 0 spiro atoms. The molecule has 1 aliphatic heterocycles. The molecule has 0 aromatic heterocycles. The Morgan fingerprint density at radius 1 is 0.444 bits per heavy atom. The largest absolute Gasteiger partial charge is 0.308 e. The van der Waals surface area contributed by atoms with E-state index in [4.69, 9.17) is 0 Å². The first-order valence-electron chi connectivity index (χ1n) is 12.3. The number of anilines is 3. The summed E-state index contributed by atoms with van der Waals surface area (Å²) in [6.45, 7) is 0. The Hall–Kier alpha value is -4.27. The highest BCUT2D eigenvalue weighted by Crippen LogP contribution is 2.51. The van der Waals surface area contributed by atoms with Crippen molar-refractivity contribution in [3.05, 3.63) is 127 Å². The summed E-state index contributed by atoms with van der Waals surface area (Å²) in [7, 11) is 0. The molecule has 168 valence electrons. The van der Waals surface area contributed by atoms with Gasteiger partial charge in [-0.1, -0.05) is 103 Å². The van der Waals surface area contributed by atoms with Crippen LogP contribution in [0.3, 0.4) is 0 Å². The van der Waals surface area contributed by atoms with E-state index < -0.39 is 0 Å². The number of rotatable bonds is 2. The molecule has 8 rings (SSSR count). The third-order valence-corrected chi connectivity index (χ3v) is 8.53. The summed E-state index contributed by atoms with van der Waals surface area (Å²) in [6.07, 6.45) is 0. The van der Waals surface area contributed by atoms with Gasteiger partial charge in [0, 0.05) is 15.5 Å². The predicted molar refractivity (Wildman–Crippen MR) is 154 cm³/mol. The molecular weight excluding hydrogens is 454 g/mol. The maximum absolute atomic E-state index is 2.38. The quantitative estimate of drug-likeness (QED) is 0.229. The van der Waals surface area contributed by atoms with Crippen LogP contribution in [0.4, 0.5) is 17.1 Å². The van der Waals surface area contributed by atoms with Gasteiger partial charge in [0.15, 0.2) is 0 Å². The van der Waals surface area contributed by atoms with Crippen molar-refractivity contribution in [3.8, 4) is 11.1 Å². The van der Waals surface area contributed by atoms with Crippen LogP contribution < -0.4 is 4.90 Å². The van der Waals surface area contributed by atoms with Gasteiger partial charge in [-0.15, -0.1) is 0 Å². The number of benzene rings is 7. The van der Waals surface area contributed by atoms with Crippen LogP contribution in [-0.2, 0) is 0 Å². The van der Waals surface area contributed by atoms with E-state index >= 15 is 0 Å². The van der Waals surface area contributed by atoms with E-state index in [1.54, 1.807) is 0 Å². The predicted octanol–water partition coefficient (Wildman–Crippen LogP) is 10.2. The zero-order valence-corrected chi connectivity index (χ0v) is 20.3. The van der Waals surface area contributed by atoms with Crippen molar-refractivity contribution in [2.75, 3.05) is 4.90 Å². The molecule has 1 nitrogen and oxygen atoms in total. The number of fused-ring (bicyclic) bond motifs is 2. The topological polar surface area (TPSA) is 3.24 Å². The Balaban J connectivity index is 1.29. The molecule has 7 aromatic carbocycles. The summed E-state index contributed by atoms with van der Waals surface area (Å²) in [4.78, 5) is 4.95. The molecule has 0 saturated carbocycles. The van der Waals surface area contributed by atoms with E-state index in [2.05, 4.69) is 132 Å². The molecule has 0 atom stereocenters. The minimum absolute atomic E-state index is 1.18. The van der Waals surface area contributed by atoms with Crippen LogP contribution in [0.15, 0.2) is 137 Å². The van der Waals surface area contributed by atoms with Gasteiger partial charge in [0.1, 0.15) is 0 Å². The molecule has 36 heavy (non-hydrogen) atoms. The molecular formula is C34H21NS. The van der Waals surface area contributed by atoms with Gasteiger partial charge in [-0.25, -0.2) is 0 Å². The van der Waals surface area contributed by atoms with Gasteiger partial charge >= 0.3 is 0 Å². The third kappa shape index (κ3) is 2.85. The zero-order valence-electron chi connectivity index (χ0n) is 19.5. The maximum atomic E-state index is 2.38. The summed E-state index contributed by atoms with van der Waals surface area (Å²) < 4.78 is 0. The van der Waals surface area contributed by atoms with Crippen molar-refractivity contribution >= 4 is 61.1 Å². The van der Waals surface area contributed by atoms with Gasteiger partial charge in [0.25, 0.3) is 0 Å². The molecule has 7 aromatic rings. The van der Waals surface area contributed by atoms with Crippen molar-refractivity contribution in [1.29, 1.82) is 0 Å². The van der Waals surface area contributed by atoms with Crippen molar-refractivity contribution in [1.82, 2.24) is 0 Å². The summed E-state index contributed by atoms with van der Waals surface area (Å²) in [6, 6.07) is 46.6. The lowest BCUT2D eigenvalue weighted by molar-refractivity contribution is 1.17. The Morgan fingerprint density at radius 3 is 1.72 bits per heavy atom. The van der Waals surface area contributed by atoms with Gasteiger partial charge in [-0.2, -0.15) is 0 Å². The van der Waals surface area contributed by atoms with E-state index in [0.29, 0.717) is 0 Å². The normalized spacial score (nSPS) is 12.8. The fourth-order valence-corrected chi connectivity index (χ4v) is 6.82. The average Bonchev–Trinajstić information content (AvgIpc) is 2.95. The van der Waals surface area contributed by atoms with E-state index in [1.165, 1.54) is 70.3 Å². The number of hydrogen-bond acceptors (Lipinski definition) is 2. The summed E-state index contributed by atoms with van der Waals surface area (Å²) in [5.41, 5.74) is 6.16. The number of hydrogen-bond donors (Lipinski definition) is 0. The number of nitrogens with zero attached hydrogens (tertiary/aromatic N) is 1. The van der Waals surface area contributed by atoms with E-state index in [-0.39, 0.29) is 0 Å². The fraction of sp³-hybridized carbons (Fsp3) is 0. The zero-order chi connectivity index (χ0) is 23.6. The lowest BCUT2D eigenvalue weighted by Gasteiger charge is -2.32. The van der Waals surface area contributed by atoms with Crippen LogP contribution in [-0.4, -0.2) is 0 Å². The first-order chi connectivity index (χ1) is 17.8. The highest BCUT2D eigenvalue weighted by Gasteiger charge is 2.24. The lowest BCUT2D eigenvalue weighted by atomic mass is 9.90. The molecule has 2 heteroatoms. The fourth-order valence-electron chi connectivity index (χ4n) is 5.76.